The number of Topliss-reactive ketones (excluding diaryl/α,β-unsaturated/α-hetero) is 1. The molecule has 1 unspecified atom stereocenters. The van der Waals surface area contributed by atoms with Gasteiger partial charge >= 0.3 is 5.97 Å². The Morgan fingerprint density at radius 2 is 1.60 bits per heavy atom. The third-order valence-corrected chi connectivity index (χ3v) is 6.02. The van der Waals surface area contributed by atoms with E-state index in [-0.39, 0.29) is 17.6 Å². The largest absolute Gasteiger partial charge is 0.451 e. The number of fused-ring (bicyclic) bond motifs is 1. The molecule has 1 aromatic heterocycles. The van der Waals surface area contributed by atoms with Gasteiger partial charge in [0.05, 0.1) is 5.56 Å². The van der Waals surface area contributed by atoms with Crippen LogP contribution in [0.2, 0.25) is 0 Å². The maximum absolute atomic E-state index is 12.9. The molecule has 0 bridgehead atoms. The minimum atomic E-state index is -0.992. The molecule has 2 amide bonds. The molecule has 0 saturated carbocycles. The number of rotatable bonds is 6. The van der Waals surface area contributed by atoms with Crippen LogP contribution in [-0.2, 0) is 27.2 Å². The van der Waals surface area contributed by atoms with Gasteiger partial charge in [0, 0.05) is 30.0 Å². The lowest BCUT2D eigenvalue weighted by atomic mass is 9.95. The molecule has 8 heteroatoms. The highest BCUT2D eigenvalue weighted by Crippen LogP contribution is 2.38. The van der Waals surface area contributed by atoms with Crippen molar-refractivity contribution in [1.82, 2.24) is 0 Å². The average Bonchev–Trinajstić information content (AvgIpc) is 3.04. The van der Waals surface area contributed by atoms with Crippen molar-refractivity contribution >= 4 is 45.6 Å². The van der Waals surface area contributed by atoms with Gasteiger partial charge in [0.1, 0.15) is 5.00 Å². The smallest absolute Gasteiger partial charge is 0.342 e. The summed E-state index contributed by atoms with van der Waals surface area (Å²) in [6, 6.07) is 6.39. The maximum atomic E-state index is 12.9. The predicted octanol–water partition coefficient (Wildman–Crippen LogP) is 3.97. The molecule has 2 aromatic rings. The Balaban J connectivity index is 1.76. The van der Waals surface area contributed by atoms with Crippen LogP contribution in [0, 0.1) is 0 Å². The summed E-state index contributed by atoms with van der Waals surface area (Å²) in [5.41, 5.74) is 2.23. The van der Waals surface area contributed by atoms with Gasteiger partial charge in [0.15, 0.2) is 6.10 Å². The summed E-state index contributed by atoms with van der Waals surface area (Å²) in [5, 5.41) is 5.84. The SMILES string of the molecule is CC(=O)Nc1ccc(C(=O)C(C)OC(=O)c2c(NC(C)=O)sc3c2CCCC3)cc1. The van der Waals surface area contributed by atoms with Crippen LogP contribution in [0.4, 0.5) is 10.7 Å². The third kappa shape index (κ3) is 4.94. The molecule has 1 aromatic carbocycles. The van der Waals surface area contributed by atoms with Crippen molar-refractivity contribution in [3.05, 3.63) is 45.8 Å². The molecule has 2 N–H and O–H groups in total. The molecule has 0 radical (unpaired) electrons. The molecule has 0 spiro atoms. The number of ether oxygens (including phenoxy) is 1. The monoisotopic (exact) mass is 428 g/mol. The fourth-order valence-electron chi connectivity index (χ4n) is 3.46. The molecule has 1 aliphatic carbocycles. The van der Waals surface area contributed by atoms with Crippen molar-refractivity contribution in [3.63, 3.8) is 0 Å². The number of amides is 2. The standard InChI is InChI=1S/C22H24N2O5S/c1-12(20(27)15-8-10-16(11-9-15)23-13(2)25)29-22(28)19-17-6-4-5-7-18(17)30-21(19)24-14(3)26/h8-12H,4-7H2,1-3H3,(H,23,25)(H,24,26). The number of ketones is 1. The quantitative estimate of drug-likeness (QED) is 0.535. The van der Waals surface area contributed by atoms with E-state index >= 15 is 0 Å². The molecule has 0 fully saturated rings. The first-order valence-electron chi connectivity index (χ1n) is 9.81. The van der Waals surface area contributed by atoms with Gasteiger partial charge in [-0.2, -0.15) is 0 Å². The third-order valence-electron chi connectivity index (χ3n) is 4.81. The summed E-state index contributed by atoms with van der Waals surface area (Å²) >= 11 is 1.40. The van der Waals surface area contributed by atoms with Crippen molar-refractivity contribution in [2.24, 2.45) is 0 Å². The van der Waals surface area contributed by atoms with Crippen LogP contribution in [0.15, 0.2) is 24.3 Å². The Hall–Kier alpha value is -3.00. The van der Waals surface area contributed by atoms with E-state index < -0.39 is 12.1 Å². The second-order valence-electron chi connectivity index (χ2n) is 7.27. The zero-order chi connectivity index (χ0) is 21.8. The zero-order valence-corrected chi connectivity index (χ0v) is 18.0. The minimum absolute atomic E-state index is 0.203. The first kappa shape index (κ1) is 21.7. The van der Waals surface area contributed by atoms with Crippen LogP contribution >= 0.6 is 11.3 Å². The molecule has 0 saturated heterocycles. The maximum Gasteiger partial charge on any atom is 0.342 e. The first-order valence-corrected chi connectivity index (χ1v) is 10.6. The van der Waals surface area contributed by atoms with Gasteiger partial charge in [-0.3, -0.25) is 14.4 Å². The van der Waals surface area contributed by atoms with E-state index in [4.69, 9.17) is 4.74 Å². The Morgan fingerprint density at radius 1 is 0.967 bits per heavy atom. The number of nitrogens with one attached hydrogen (secondary N) is 2. The highest BCUT2D eigenvalue weighted by atomic mass is 32.1. The number of aryl methyl sites for hydroxylation is 1. The number of benzene rings is 1. The van der Waals surface area contributed by atoms with E-state index in [0.717, 1.165) is 36.1 Å². The molecule has 7 nitrogen and oxygen atoms in total. The zero-order valence-electron chi connectivity index (χ0n) is 17.2. The van der Waals surface area contributed by atoms with Crippen LogP contribution in [0.3, 0.4) is 0 Å². The Morgan fingerprint density at radius 3 is 2.23 bits per heavy atom. The average molecular weight is 429 g/mol. The van der Waals surface area contributed by atoms with Crippen LogP contribution in [0.5, 0.6) is 0 Å². The molecule has 30 heavy (non-hydrogen) atoms. The van der Waals surface area contributed by atoms with Gasteiger partial charge in [-0.25, -0.2) is 4.79 Å². The lowest BCUT2D eigenvalue weighted by molar-refractivity contribution is -0.115. The predicted molar refractivity (Wildman–Crippen MR) is 115 cm³/mol. The summed E-state index contributed by atoms with van der Waals surface area (Å²) in [4.78, 5) is 49.4. The fourth-order valence-corrected chi connectivity index (χ4v) is 4.78. The van der Waals surface area contributed by atoms with Gasteiger partial charge in [0.25, 0.3) is 0 Å². The summed E-state index contributed by atoms with van der Waals surface area (Å²) in [7, 11) is 0. The second-order valence-corrected chi connectivity index (χ2v) is 8.37. The van der Waals surface area contributed by atoms with E-state index in [1.54, 1.807) is 24.3 Å². The highest BCUT2D eigenvalue weighted by molar-refractivity contribution is 7.17. The fraction of sp³-hybridized carbons (Fsp3) is 0.364. The van der Waals surface area contributed by atoms with Crippen LogP contribution in [-0.4, -0.2) is 29.7 Å². The Labute approximate surface area is 178 Å². The van der Waals surface area contributed by atoms with Crippen molar-refractivity contribution in [1.29, 1.82) is 0 Å². The van der Waals surface area contributed by atoms with Crippen molar-refractivity contribution in [3.8, 4) is 0 Å². The van der Waals surface area contributed by atoms with Gasteiger partial charge in [0.2, 0.25) is 17.6 Å². The van der Waals surface area contributed by atoms with Gasteiger partial charge in [-0.15, -0.1) is 11.3 Å². The minimum Gasteiger partial charge on any atom is -0.451 e. The van der Waals surface area contributed by atoms with E-state index in [1.165, 1.54) is 32.1 Å². The van der Waals surface area contributed by atoms with E-state index in [2.05, 4.69) is 10.6 Å². The van der Waals surface area contributed by atoms with Crippen molar-refractivity contribution < 1.29 is 23.9 Å². The van der Waals surface area contributed by atoms with Crippen molar-refractivity contribution in [2.45, 2.75) is 52.6 Å². The Kier molecular flexibility index (Phi) is 6.66. The lowest BCUT2D eigenvalue weighted by Crippen LogP contribution is -2.25. The van der Waals surface area contributed by atoms with Gasteiger partial charge < -0.3 is 15.4 Å². The number of anilines is 2. The van der Waals surface area contributed by atoms with Crippen molar-refractivity contribution in [2.75, 3.05) is 10.6 Å². The Bertz CT molecular complexity index is 994. The molecule has 0 aliphatic heterocycles. The first-order chi connectivity index (χ1) is 14.3. The summed E-state index contributed by atoms with van der Waals surface area (Å²) < 4.78 is 5.49. The normalized spacial score (nSPS) is 13.7. The van der Waals surface area contributed by atoms with Crippen LogP contribution in [0.1, 0.15) is 64.8 Å². The molecule has 158 valence electrons. The number of hydrogen-bond donors (Lipinski definition) is 2. The number of thiophene rings is 1. The summed E-state index contributed by atoms with van der Waals surface area (Å²) in [6.07, 6.45) is 2.65. The topological polar surface area (TPSA) is 102 Å². The number of hydrogen-bond acceptors (Lipinski definition) is 6. The number of carbonyl (C=O) groups is 4. The highest BCUT2D eigenvalue weighted by Gasteiger charge is 2.29. The summed E-state index contributed by atoms with van der Waals surface area (Å²) in [6.45, 7) is 4.32. The van der Waals surface area contributed by atoms with Gasteiger partial charge in [-0.05, 0) is 62.4 Å². The lowest BCUT2D eigenvalue weighted by Gasteiger charge is -2.16. The van der Waals surface area contributed by atoms with Crippen LogP contribution in [0.25, 0.3) is 0 Å². The molecular weight excluding hydrogens is 404 g/mol. The van der Waals surface area contributed by atoms with E-state index in [9.17, 15) is 19.2 Å². The second kappa shape index (κ2) is 9.21. The van der Waals surface area contributed by atoms with Gasteiger partial charge in [-0.1, -0.05) is 0 Å². The number of carbonyl (C=O) groups excluding carboxylic acids is 4. The molecular formula is C22H24N2O5S. The summed E-state index contributed by atoms with van der Waals surface area (Å²) in [5.74, 6) is -1.41. The molecule has 1 heterocycles. The van der Waals surface area contributed by atoms with Crippen LogP contribution < -0.4 is 10.6 Å². The number of esters is 1. The molecule has 3 rings (SSSR count). The molecule has 1 atom stereocenters. The van der Waals surface area contributed by atoms with E-state index in [0.29, 0.717) is 21.8 Å². The van der Waals surface area contributed by atoms with E-state index in [1.807, 2.05) is 0 Å². The molecule has 1 aliphatic rings.